The summed E-state index contributed by atoms with van der Waals surface area (Å²) in [6.07, 6.45) is 0. The van der Waals surface area contributed by atoms with Gasteiger partial charge in [-0.25, -0.2) is 0 Å². The Labute approximate surface area is 112 Å². The highest BCUT2D eigenvalue weighted by atomic mass is 16.5. The van der Waals surface area contributed by atoms with Crippen LogP contribution in [0.15, 0.2) is 22.7 Å². The van der Waals surface area contributed by atoms with Crippen molar-refractivity contribution in [3.63, 3.8) is 0 Å². The average Bonchev–Trinajstić information content (AvgIpc) is 2.66. The molecule has 2 rings (SSSR count). The van der Waals surface area contributed by atoms with Crippen LogP contribution < -0.4 is 15.8 Å². The zero-order chi connectivity index (χ0) is 13.8. The molecule has 0 fully saturated rings. The number of rotatable bonds is 5. The van der Waals surface area contributed by atoms with Crippen LogP contribution in [0.25, 0.3) is 0 Å². The molecule has 0 unspecified atom stereocenters. The van der Waals surface area contributed by atoms with Crippen LogP contribution in [0.5, 0.6) is 5.75 Å². The van der Waals surface area contributed by atoms with E-state index in [1.54, 1.807) is 0 Å². The molecule has 2 aromatic rings. The maximum Gasteiger partial charge on any atom is 0.138 e. The highest BCUT2D eigenvalue weighted by molar-refractivity contribution is 5.59. The van der Waals surface area contributed by atoms with Crippen molar-refractivity contribution in [1.82, 2.24) is 5.16 Å². The van der Waals surface area contributed by atoms with E-state index in [0.717, 1.165) is 28.5 Å². The lowest BCUT2D eigenvalue weighted by atomic mass is 10.2. The van der Waals surface area contributed by atoms with E-state index in [1.807, 2.05) is 39.0 Å². The number of hydrogen-bond acceptors (Lipinski definition) is 5. The van der Waals surface area contributed by atoms with Gasteiger partial charge < -0.3 is 20.3 Å². The molecular weight excluding hydrogens is 242 g/mol. The van der Waals surface area contributed by atoms with Gasteiger partial charge in [0.1, 0.15) is 11.5 Å². The number of aryl methyl sites for hydroxylation is 2. The number of nitrogen functional groups attached to an aromatic ring is 1. The fourth-order valence-corrected chi connectivity index (χ4v) is 1.92. The summed E-state index contributed by atoms with van der Waals surface area (Å²) in [5, 5.41) is 7.24. The van der Waals surface area contributed by atoms with E-state index in [0.29, 0.717) is 18.8 Å². The van der Waals surface area contributed by atoms with E-state index < -0.39 is 0 Å². The number of ether oxygens (including phenoxy) is 1. The molecule has 1 heterocycles. The number of nitrogens with zero attached hydrogens (tertiary/aromatic N) is 1. The van der Waals surface area contributed by atoms with Crippen LogP contribution in [-0.2, 0) is 6.54 Å². The zero-order valence-electron chi connectivity index (χ0n) is 11.5. The lowest BCUT2D eigenvalue weighted by molar-refractivity contribution is 0.340. The van der Waals surface area contributed by atoms with Gasteiger partial charge in [-0.05, 0) is 26.8 Å². The third-order valence-corrected chi connectivity index (χ3v) is 2.89. The van der Waals surface area contributed by atoms with E-state index in [2.05, 4.69) is 10.5 Å². The molecule has 0 aliphatic rings. The van der Waals surface area contributed by atoms with Gasteiger partial charge in [-0.15, -0.1) is 0 Å². The smallest absolute Gasteiger partial charge is 0.138 e. The maximum atomic E-state index is 5.85. The zero-order valence-corrected chi connectivity index (χ0v) is 11.5. The van der Waals surface area contributed by atoms with Gasteiger partial charge in [-0.3, -0.25) is 0 Å². The first-order valence-electron chi connectivity index (χ1n) is 6.29. The third kappa shape index (κ3) is 3.19. The Hall–Kier alpha value is -2.17. The van der Waals surface area contributed by atoms with E-state index in [1.165, 1.54) is 0 Å². The summed E-state index contributed by atoms with van der Waals surface area (Å²) in [6.45, 7) is 7.05. The molecule has 19 heavy (non-hydrogen) atoms. The highest BCUT2D eigenvalue weighted by Crippen LogP contribution is 2.23. The third-order valence-electron chi connectivity index (χ3n) is 2.89. The molecule has 102 valence electrons. The van der Waals surface area contributed by atoms with E-state index >= 15 is 0 Å². The lowest BCUT2D eigenvalue weighted by Crippen LogP contribution is -2.03. The SMILES string of the molecule is CCOc1cc(N)cc(NCc2c(C)noc2C)c1. The van der Waals surface area contributed by atoms with Crippen molar-refractivity contribution in [1.29, 1.82) is 0 Å². The van der Waals surface area contributed by atoms with E-state index in [4.69, 9.17) is 15.0 Å². The molecular formula is C14H19N3O2. The Bertz CT molecular complexity index is 544. The molecule has 0 amide bonds. The normalized spacial score (nSPS) is 10.5. The summed E-state index contributed by atoms with van der Waals surface area (Å²) in [5.74, 6) is 1.60. The Kier molecular flexibility index (Phi) is 3.94. The maximum absolute atomic E-state index is 5.85. The second-order valence-electron chi connectivity index (χ2n) is 4.38. The van der Waals surface area contributed by atoms with Gasteiger partial charge in [0.05, 0.1) is 12.3 Å². The molecule has 0 spiro atoms. The lowest BCUT2D eigenvalue weighted by Gasteiger charge is -2.10. The molecule has 5 heteroatoms. The Balaban J connectivity index is 2.11. The van der Waals surface area contributed by atoms with Gasteiger partial charge in [-0.1, -0.05) is 5.16 Å². The van der Waals surface area contributed by atoms with Crippen molar-refractivity contribution in [2.24, 2.45) is 0 Å². The second kappa shape index (κ2) is 5.65. The van der Waals surface area contributed by atoms with Crippen molar-refractivity contribution < 1.29 is 9.26 Å². The van der Waals surface area contributed by atoms with Crippen molar-refractivity contribution in [2.75, 3.05) is 17.7 Å². The van der Waals surface area contributed by atoms with Gasteiger partial charge in [0, 0.05) is 35.6 Å². The quantitative estimate of drug-likeness (QED) is 0.810. The van der Waals surface area contributed by atoms with Gasteiger partial charge in [-0.2, -0.15) is 0 Å². The van der Waals surface area contributed by atoms with Crippen LogP contribution in [-0.4, -0.2) is 11.8 Å². The summed E-state index contributed by atoms with van der Waals surface area (Å²) in [4.78, 5) is 0. The van der Waals surface area contributed by atoms with Crippen LogP contribution in [0.1, 0.15) is 23.9 Å². The van der Waals surface area contributed by atoms with Crippen LogP contribution in [0.2, 0.25) is 0 Å². The largest absolute Gasteiger partial charge is 0.494 e. The van der Waals surface area contributed by atoms with Crippen LogP contribution in [0.3, 0.4) is 0 Å². The number of nitrogens with one attached hydrogen (secondary N) is 1. The molecule has 1 aromatic carbocycles. The Morgan fingerprint density at radius 1 is 1.32 bits per heavy atom. The van der Waals surface area contributed by atoms with Gasteiger partial charge in [0.25, 0.3) is 0 Å². The van der Waals surface area contributed by atoms with Crippen molar-refractivity contribution in [3.8, 4) is 5.75 Å². The van der Waals surface area contributed by atoms with Crippen LogP contribution in [0, 0.1) is 13.8 Å². The highest BCUT2D eigenvalue weighted by Gasteiger charge is 2.08. The van der Waals surface area contributed by atoms with Crippen molar-refractivity contribution in [3.05, 3.63) is 35.2 Å². The standard InChI is InChI=1S/C14H19N3O2/c1-4-18-13-6-11(15)5-12(7-13)16-8-14-9(2)17-19-10(14)3/h5-7,16H,4,8,15H2,1-3H3. The number of aromatic nitrogens is 1. The van der Waals surface area contributed by atoms with Crippen molar-refractivity contribution >= 4 is 11.4 Å². The van der Waals surface area contributed by atoms with Crippen LogP contribution >= 0.6 is 0 Å². The average molecular weight is 261 g/mol. The number of hydrogen-bond donors (Lipinski definition) is 2. The second-order valence-corrected chi connectivity index (χ2v) is 4.38. The molecule has 5 nitrogen and oxygen atoms in total. The molecule has 0 bridgehead atoms. The van der Waals surface area contributed by atoms with Crippen LogP contribution in [0.4, 0.5) is 11.4 Å². The molecule has 0 saturated heterocycles. The van der Waals surface area contributed by atoms with E-state index in [9.17, 15) is 0 Å². The number of anilines is 2. The molecule has 3 N–H and O–H groups in total. The molecule has 0 atom stereocenters. The predicted octanol–water partition coefficient (Wildman–Crippen LogP) is 2.88. The van der Waals surface area contributed by atoms with Gasteiger partial charge in [0.15, 0.2) is 0 Å². The Morgan fingerprint density at radius 3 is 2.74 bits per heavy atom. The summed E-state index contributed by atoms with van der Waals surface area (Å²) in [7, 11) is 0. The fourth-order valence-electron chi connectivity index (χ4n) is 1.92. The summed E-state index contributed by atoms with van der Waals surface area (Å²) in [6, 6.07) is 5.61. The Morgan fingerprint density at radius 2 is 2.11 bits per heavy atom. The molecule has 0 saturated carbocycles. The summed E-state index contributed by atoms with van der Waals surface area (Å²) in [5.41, 5.74) is 9.41. The van der Waals surface area contributed by atoms with Gasteiger partial charge in [0.2, 0.25) is 0 Å². The molecule has 0 aliphatic heterocycles. The topological polar surface area (TPSA) is 73.3 Å². The first kappa shape index (κ1) is 13.3. The minimum atomic E-state index is 0.618. The summed E-state index contributed by atoms with van der Waals surface area (Å²) >= 11 is 0. The van der Waals surface area contributed by atoms with E-state index in [-0.39, 0.29) is 0 Å². The predicted molar refractivity (Wildman–Crippen MR) is 75.3 cm³/mol. The monoisotopic (exact) mass is 261 g/mol. The number of benzene rings is 1. The summed E-state index contributed by atoms with van der Waals surface area (Å²) < 4.78 is 10.6. The molecule has 0 aliphatic carbocycles. The van der Waals surface area contributed by atoms with Gasteiger partial charge >= 0.3 is 0 Å². The first-order valence-corrected chi connectivity index (χ1v) is 6.29. The number of nitrogens with two attached hydrogens (primary N) is 1. The molecule has 1 aromatic heterocycles. The van der Waals surface area contributed by atoms with Crippen molar-refractivity contribution in [2.45, 2.75) is 27.3 Å². The molecule has 0 radical (unpaired) electrons. The fraction of sp³-hybridized carbons (Fsp3) is 0.357. The first-order chi connectivity index (χ1) is 9.10. The minimum absolute atomic E-state index is 0.618. The minimum Gasteiger partial charge on any atom is -0.494 e.